The first-order valence-corrected chi connectivity index (χ1v) is 5.38. The Morgan fingerprint density at radius 2 is 2.16 bits per heavy atom. The van der Waals surface area contributed by atoms with Crippen molar-refractivity contribution in [3.05, 3.63) is 39.4 Å². The van der Waals surface area contributed by atoms with Gasteiger partial charge in [-0.2, -0.15) is 0 Å². The molecule has 8 heteroatoms. The van der Waals surface area contributed by atoms with Gasteiger partial charge in [-0.3, -0.25) is 14.9 Å². The van der Waals surface area contributed by atoms with Crippen molar-refractivity contribution in [2.24, 2.45) is 5.73 Å². The van der Waals surface area contributed by atoms with Gasteiger partial charge < -0.3 is 11.1 Å². The van der Waals surface area contributed by atoms with E-state index in [0.717, 1.165) is 0 Å². The van der Waals surface area contributed by atoms with Crippen LogP contribution in [0.15, 0.2) is 18.2 Å². The highest BCUT2D eigenvalue weighted by molar-refractivity contribution is 5.96. The molecule has 0 fully saturated rings. The fourth-order valence-electron chi connectivity index (χ4n) is 1.44. The number of nitro groups is 1. The zero-order valence-corrected chi connectivity index (χ0v) is 10.2. The molecular weight excluding hydrogens is 260 g/mol. The second-order valence-corrected chi connectivity index (χ2v) is 3.95. The second-order valence-electron chi connectivity index (χ2n) is 3.95. The van der Waals surface area contributed by atoms with Gasteiger partial charge >= 0.3 is 0 Å². The fraction of sp³-hybridized carbons (Fsp3) is 0.364. The van der Waals surface area contributed by atoms with Crippen molar-refractivity contribution in [3.63, 3.8) is 0 Å². The Balaban J connectivity index is 2.89. The Labute approximate surface area is 107 Å². The van der Waals surface area contributed by atoms with Crippen LogP contribution in [0.5, 0.6) is 0 Å². The van der Waals surface area contributed by atoms with Crippen LogP contribution >= 0.6 is 0 Å². The number of carbonyl (C=O) groups is 1. The Bertz CT molecular complexity index is 506. The van der Waals surface area contributed by atoms with Crippen molar-refractivity contribution in [2.45, 2.75) is 12.8 Å². The zero-order valence-electron chi connectivity index (χ0n) is 10.2. The Hall–Kier alpha value is -2.09. The van der Waals surface area contributed by atoms with E-state index in [0.29, 0.717) is 0 Å². The summed E-state index contributed by atoms with van der Waals surface area (Å²) in [6.45, 7) is -0.417. The summed E-state index contributed by atoms with van der Waals surface area (Å²) in [4.78, 5) is 21.8. The Morgan fingerprint density at radius 3 is 2.68 bits per heavy atom. The first-order chi connectivity index (χ1) is 8.78. The molecule has 0 saturated carbocycles. The summed E-state index contributed by atoms with van der Waals surface area (Å²) in [6, 6.07) is 3.89. The lowest BCUT2D eigenvalue weighted by molar-refractivity contribution is -0.385. The van der Waals surface area contributed by atoms with Crippen molar-refractivity contribution < 1.29 is 18.5 Å². The monoisotopic (exact) mass is 273 g/mol. The third kappa shape index (κ3) is 3.68. The van der Waals surface area contributed by atoms with Crippen LogP contribution in [-0.2, 0) is 0 Å². The number of hydrogen-bond acceptors (Lipinski definition) is 4. The number of carbonyl (C=O) groups excluding carboxylic acids is 1. The van der Waals surface area contributed by atoms with Crippen LogP contribution in [0, 0.1) is 17.0 Å². The van der Waals surface area contributed by atoms with Gasteiger partial charge in [-0.25, -0.2) is 8.78 Å². The first kappa shape index (κ1) is 15.0. The smallest absolute Gasteiger partial charge is 0.277 e. The summed E-state index contributed by atoms with van der Waals surface area (Å²) < 4.78 is 25.8. The van der Waals surface area contributed by atoms with Crippen LogP contribution in [0.25, 0.3) is 0 Å². The predicted octanol–water partition coefficient (Wildman–Crippen LogP) is 1.23. The third-order valence-electron chi connectivity index (χ3n) is 2.55. The molecule has 1 amide bonds. The second kappa shape index (κ2) is 5.70. The molecule has 19 heavy (non-hydrogen) atoms. The molecule has 1 aromatic rings. The van der Waals surface area contributed by atoms with E-state index in [-0.39, 0.29) is 16.8 Å². The number of halogens is 2. The molecule has 0 aromatic heterocycles. The minimum atomic E-state index is -3.20. The van der Waals surface area contributed by atoms with Crippen LogP contribution in [0.2, 0.25) is 0 Å². The average Bonchev–Trinajstić information content (AvgIpc) is 2.36. The molecule has 0 atom stereocenters. The lowest BCUT2D eigenvalue weighted by atomic mass is 10.1. The van der Waals surface area contributed by atoms with Crippen molar-refractivity contribution in [2.75, 3.05) is 13.1 Å². The van der Waals surface area contributed by atoms with Gasteiger partial charge in [-0.1, -0.05) is 6.07 Å². The highest BCUT2D eigenvalue weighted by atomic mass is 19.3. The molecule has 0 saturated heterocycles. The fourth-order valence-corrected chi connectivity index (χ4v) is 1.44. The number of nitrogens with one attached hydrogen (secondary N) is 1. The predicted molar refractivity (Wildman–Crippen MR) is 64.2 cm³/mol. The summed E-state index contributed by atoms with van der Waals surface area (Å²) in [6.07, 6.45) is 0. The highest BCUT2D eigenvalue weighted by Crippen LogP contribution is 2.21. The van der Waals surface area contributed by atoms with E-state index in [2.05, 4.69) is 0 Å². The normalized spacial score (nSPS) is 11.2. The molecule has 0 aliphatic heterocycles. The molecule has 0 bridgehead atoms. The van der Waals surface area contributed by atoms with Gasteiger partial charge in [-0.05, 0) is 13.0 Å². The van der Waals surface area contributed by atoms with E-state index in [4.69, 9.17) is 5.73 Å². The number of amides is 1. The van der Waals surface area contributed by atoms with Crippen LogP contribution in [0.4, 0.5) is 14.5 Å². The summed E-state index contributed by atoms with van der Waals surface area (Å²) in [5.74, 6) is -4.00. The molecule has 1 aromatic carbocycles. The van der Waals surface area contributed by atoms with Crippen LogP contribution in [-0.4, -0.2) is 29.8 Å². The summed E-state index contributed by atoms with van der Waals surface area (Å²) in [5.41, 5.74) is 4.71. The zero-order chi connectivity index (χ0) is 14.6. The van der Waals surface area contributed by atoms with E-state index < -0.39 is 29.8 Å². The molecule has 0 spiro atoms. The average molecular weight is 273 g/mol. The number of nitro benzene ring substituents is 1. The van der Waals surface area contributed by atoms with Gasteiger partial charge in [0.25, 0.3) is 17.5 Å². The van der Waals surface area contributed by atoms with Gasteiger partial charge in [0, 0.05) is 17.2 Å². The maximum Gasteiger partial charge on any atom is 0.277 e. The van der Waals surface area contributed by atoms with E-state index >= 15 is 0 Å². The summed E-state index contributed by atoms with van der Waals surface area (Å²) in [5, 5.41) is 12.7. The van der Waals surface area contributed by atoms with Crippen LogP contribution < -0.4 is 11.1 Å². The van der Waals surface area contributed by atoms with E-state index in [9.17, 15) is 23.7 Å². The number of alkyl halides is 2. The Morgan fingerprint density at radius 1 is 1.53 bits per heavy atom. The van der Waals surface area contributed by atoms with Crippen LogP contribution in [0.1, 0.15) is 15.9 Å². The molecule has 0 unspecified atom stereocenters. The highest BCUT2D eigenvalue weighted by Gasteiger charge is 2.28. The topological polar surface area (TPSA) is 98.3 Å². The van der Waals surface area contributed by atoms with Gasteiger partial charge in [0.15, 0.2) is 0 Å². The lowest BCUT2D eigenvalue weighted by Crippen LogP contribution is -2.41. The van der Waals surface area contributed by atoms with E-state index in [1.807, 2.05) is 5.32 Å². The quantitative estimate of drug-likeness (QED) is 0.622. The number of benzene rings is 1. The number of rotatable bonds is 5. The summed E-state index contributed by atoms with van der Waals surface area (Å²) >= 11 is 0. The molecule has 0 aliphatic rings. The largest absolute Gasteiger partial charge is 0.346 e. The van der Waals surface area contributed by atoms with Gasteiger partial charge in [0.2, 0.25) is 0 Å². The minimum Gasteiger partial charge on any atom is -0.346 e. The standard InChI is InChI=1S/C11H13F2N3O3/c1-7-8(3-2-4-9(7)16(18)19)10(17)15-6-11(12,13)5-14/h2-4H,5-6,14H2,1H3,(H,15,17). The lowest BCUT2D eigenvalue weighted by Gasteiger charge is -2.15. The molecule has 0 heterocycles. The van der Waals surface area contributed by atoms with Gasteiger partial charge in [-0.15, -0.1) is 0 Å². The maximum atomic E-state index is 12.9. The molecule has 0 radical (unpaired) electrons. The molecule has 104 valence electrons. The third-order valence-corrected chi connectivity index (χ3v) is 2.55. The van der Waals surface area contributed by atoms with Gasteiger partial charge in [0.1, 0.15) is 0 Å². The Kier molecular flexibility index (Phi) is 4.49. The van der Waals surface area contributed by atoms with Gasteiger partial charge in [0.05, 0.1) is 18.0 Å². The number of nitrogens with two attached hydrogens (primary N) is 1. The number of nitrogens with zero attached hydrogens (tertiary/aromatic N) is 1. The molecular formula is C11H13F2N3O3. The van der Waals surface area contributed by atoms with E-state index in [1.165, 1.54) is 25.1 Å². The van der Waals surface area contributed by atoms with Crippen molar-refractivity contribution >= 4 is 11.6 Å². The summed E-state index contributed by atoms with van der Waals surface area (Å²) in [7, 11) is 0. The maximum absolute atomic E-state index is 12.9. The van der Waals surface area contributed by atoms with Crippen molar-refractivity contribution in [1.82, 2.24) is 5.32 Å². The minimum absolute atomic E-state index is 0.0120. The van der Waals surface area contributed by atoms with Crippen molar-refractivity contribution in [1.29, 1.82) is 0 Å². The molecule has 3 N–H and O–H groups in total. The van der Waals surface area contributed by atoms with E-state index in [1.54, 1.807) is 0 Å². The molecule has 0 aliphatic carbocycles. The van der Waals surface area contributed by atoms with Crippen molar-refractivity contribution in [3.8, 4) is 0 Å². The first-order valence-electron chi connectivity index (χ1n) is 5.38. The van der Waals surface area contributed by atoms with Crippen LogP contribution in [0.3, 0.4) is 0 Å². The number of hydrogen-bond donors (Lipinski definition) is 2. The SMILES string of the molecule is Cc1c(C(=O)NCC(F)(F)CN)cccc1[N+](=O)[O-]. The molecule has 6 nitrogen and oxygen atoms in total. The molecule has 1 rings (SSSR count).